The molecule has 0 radical (unpaired) electrons. The van der Waals surface area contributed by atoms with E-state index in [0.29, 0.717) is 27.8 Å². The Hall–Kier alpha value is -2.29. The molecule has 0 aliphatic heterocycles. The fraction of sp³-hybridized carbons (Fsp3) is 0.462. The minimum atomic E-state index is -3.56. The summed E-state index contributed by atoms with van der Waals surface area (Å²) in [5.41, 5.74) is 3.15. The second kappa shape index (κ2) is 13.3. The lowest BCUT2D eigenvalue weighted by Gasteiger charge is -2.30. The zero-order valence-corrected chi connectivity index (χ0v) is 23.8. The van der Waals surface area contributed by atoms with Gasteiger partial charge in [0, 0.05) is 41.7 Å². The Morgan fingerprint density at radius 1 is 1.06 bits per heavy atom. The molecule has 0 saturated heterocycles. The van der Waals surface area contributed by atoms with Crippen LogP contribution in [0.15, 0.2) is 36.4 Å². The zero-order valence-electron chi connectivity index (χ0n) is 21.5. The summed E-state index contributed by atoms with van der Waals surface area (Å²) in [4.78, 5) is 27.5. The molecule has 0 unspecified atom stereocenters. The van der Waals surface area contributed by atoms with Crippen molar-refractivity contribution >= 4 is 50.7 Å². The summed E-state index contributed by atoms with van der Waals surface area (Å²) in [6.45, 7) is 8.17. The Labute approximate surface area is 224 Å². The SMILES string of the molecule is CCCNC(=O)[C@H](C)N(Cc1c(Cl)cccc1Cl)C(=O)CCCN(c1ccc(C)c(C)c1)S(C)(=O)=O. The molecular formula is C26H35Cl2N3O4S. The van der Waals surface area contributed by atoms with Crippen LogP contribution < -0.4 is 9.62 Å². The maximum Gasteiger partial charge on any atom is 0.242 e. The predicted octanol–water partition coefficient (Wildman–Crippen LogP) is 5.10. The van der Waals surface area contributed by atoms with Crippen LogP contribution >= 0.6 is 23.2 Å². The van der Waals surface area contributed by atoms with Gasteiger partial charge in [-0.2, -0.15) is 0 Å². The minimum absolute atomic E-state index is 0.0460. The Bertz CT molecular complexity index is 1170. The maximum absolute atomic E-state index is 13.3. The van der Waals surface area contributed by atoms with E-state index in [0.717, 1.165) is 23.8 Å². The monoisotopic (exact) mass is 555 g/mol. The molecule has 0 spiro atoms. The molecule has 7 nitrogen and oxygen atoms in total. The Balaban J connectivity index is 2.22. The number of halogens is 2. The van der Waals surface area contributed by atoms with E-state index in [9.17, 15) is 18.0 Å². The molecule has 2 rings (SSSR count). The van der Waals surface area contributed by atoms with E-state index in [-0.39, 0.29) is 37.7 Å². The van der Waals surface area contributed by atoms with Crippen molar-refractivity contribution in [1.82, 2.24) is 10.2 Å². The largest absolute Gasteiger partial charge is 0.354 e. The third kappa shape index (κ3) is 8.11. The lowest BCUT2D eigenvalue weighted by molar-refractivity contribution is -0.140. The fourth-order valence-electron chi connectivity index (χ4n) is 3.72. The number of carbonyl (C=O) groups excluding carboxylic acids is 2. The van der Waals surface area contributed by atoms with Crippen molar-refractivity contribution in [2.45, 2.75) is 59.5 Å². The van der Waals surface area contributed by atoms with Gasteiger partial charge < -0.3 is 10.2 Å². The predicted molar refractivity (Wildman–Crippen MR) is 147 cm³/mol. The summed E-state index contributed by atoms with van der Waals surface area (Å²) in [5, 5.41) is 3.63. The van der Waals surface area contributed by atoms with Gasteiger partial charge in [0.1, 0.15) is 6.04 Å². The molecule has 2 aromatic rings. The van der Waals surface area contributed by atoms with E-state index in [2.05, 4.69) is 5.32 Å². The fourth-order valence-corrected chi connectivity index (χ4v) is 5.19. The number of benzene rings is 2. The molecule has 0 saturated carbocycles. The van der Waals surface area contributed by atoms with E-state index in [1.807, 2.05) is 32.9 Å². The van der Waals surface area contributed by atoms with Crippen molar-refractivity contribution in [3.8, 4) is 0 Å². The number of hydrogen-bond acceptors (Lipinski definition) is 4. The van der Waals surface area contributed by atoms with Gasteiger partial charge in [0.15, 0.2) is 0 Å². The van der Waals surface area contributed by atoms with E-state index in [1.165, 1.54) is 9.21 Å². The highest BCUT2D eigenvalue weighted by molar-refractivity contribution is 7.92. The van der Waals surface area contributed by atoms with Gasteiger partial charge in [0.05, 0.1) is 11.9 Å². The second-order valence-corrected chi connectivity index (χ2v) is 11.6. The van der Waals surface area contributed by atoms with Crippen molar-refractivity contribution in [2.24, 2.45) is 0 Å². The van der Waals surface area contributed by atoms with Crippen LogP contribution in [0.1, 0.15) is 49.8 Å². The van der Waals surface area contributed by atoms with E-state index >= 15 is 0 Å². The first-order valence-electron chi connectivity index (χ1n) is 11.9. The van der Waals surface area contributed by atoms with Crippen LogP contribution in [0.2, 0.25) is 10.0 Å². The Morgan fingerprint density at radius 2 is 1.69 bits per heavy atom. The van der Waals surface area contributed by atoms with Gasteiger partial charge in [-0.15, -0.1) is 0 Å². The first-order valence-corrected chi connectivity index (χ1v) is 14.5. The molecule has 36 heavy (non-hydrogen) atoms. The molecule has 1 N–H and O–H groups in total. The smallest absolute Gasteiger partial charge is 0.242 e. The van der Waals surface area contributed by atoms with E-state index < -0.39 is 16.1 Å². The number of carbonyl (C=O) groups is 2. The third-order valence-electron chi connectivity index (χ3n) is 6.04. The van der Waals surface area contributed by atoms with Gasteiger partial charge in [-0.25, -0.2) is 8.42 Å². The van der Waals surface area contributed by atoms with Gasteiger partial charge in [-0.05, 0) is 69.0 Å². The topological polar surface area (TPSA) is 86.8 Å². The normalized spacial score (nSPS) is 12.2. The number of amides is 2. The van der Waals surface area contributed by atoms with Crippen LogP contribution in [0.4, 0.5) is 5.69 Å². The molecule has 0 aliphatic rings. The first kappa shape index (κ1) is 29.9. The quantitative estimate of drug-likeness (QED) is 0.394. The molecule has 0 aromatic heterocycles. The molecule has 2 amide bonds. The van der Waals surface area contributed by atoms with Crippen molar-refractivity contribution in [1.29, 1.82) is 0 Å². The van der Waals surface area contributed by atoms with Crippen LogP contribution in [0.25, 0.3) is 0 Å². The molecule has 0 aliphatic carbocycles. The summed E-state index contributed by atoms with van der Waals surface area (Å²) < 4.78 is 26.3. The minimum Gasteiger partial charge on any atom is -0.354 e. The lowest BCUT2D eigenvalue weighted by Crippen LogP contribution is -2.48. The Morgan fingerprint density at radius 3 is 2.25 bits per heavy atom. The molecule has 2 aromatic carbocycles. The second-order valence-electron chi connectivity index (χ2n) is 8.90. The number of sulfonamides is 1. The molecule has 1 atom stereocenters. The number of nitrogens with zero attached hydrogens (tertiary/aromatic N) is 2. The molecular weight excluding hydrogens is 521 g/mol. The number of hydrogen-bond donors (Lipinski definition) is 1. The maximum atomic E-state index is 13.3. The van der Waals surface area contributed by atoms with Gasteiger partial charge in [-0.1, -0.05) is 42.3 Å². The van der Waals surface area contributed by atoms with Crippen LogP contribution in [0.5, 0.6) is 0 Å². The average molecular weight is 557 g/mol. The van der Waals surface area contributed by atoms with Crippen LogP contribution in [0, 0.1) is 13.8 Å². The Kier molecular flexibility index (Phi) is 11.1. The third-order valence-corrected chi connectivity index (χ3v) is 7.94. The van der Waals surface area contributed by atoms with Crippen LogP contribution in [-0.4, -0.2) is 50.5 Å². The van der Waals surface area contributed by atoms with Gasteiger partial charge in [0.25, 0.3) is 0 Å². The van der Waals surface area contributed by atoms with Crippen LogP contribution in [-0.2, 0) is 26.2 Å². The average Bonchev–Trinajstić information content (AvgIpc) is 2.80. The number of nitrogens with one attached hydrogen (secondary N) is 1. The van der Waals surface area contributed by atoms with Gasteiger partial charge in [0.2, 0.25) is 21.8 Å². The summed E-state index contributed by atoms with van der Waals surface area (Å²) in [6.07, 6.45) is 2.23. The van der Waals surface area contributed by atoms with E-state index in [4.69, 9.17) is 23.2 Å². The molecule has 0 fully saturated rings. The number of aryl methyl sites for hydroxylation is 2. The van der Waals surface area contributed by atoms with Crippen LogP contribution in [0.3, 0.4) is 0 Å². The van der Waals surface area contributed by atoms with Gasteiger partial charge in [-0.3, -0.25) is 13.9 Å². The molecule has 0 heterocycles. The summed E-state index contributed by atoms with van der Waals surface area (Å²) in [7, 11) is -3.56. The van der Waals surface area contributed by atoms with Crippen molar-refractivity contribution in [2.75, 3.05) is 23.7 Å². The molecule has 10 heteroatoms. The lowest BCUT2D eigenvalue weighted by atomic mass is 10.1. The van der Waals surface area contributed by atoms with Gasteiger partial charge >= 0.3 is 0 Å². The summed E-state index contributed by atoms with van der Waals surface area (Å²) in [6, 6.07) is 9.77. The van der Waals surface area contributed by atoms with Crippen molar-refractivity contribution in [3.05, 3.63) is 63.1 Å². The number of anilines is 1. The summed E-state index contributed by atoms with van der Waals surface area (Å²) >= 11 is 12.7. The molecule has 198 valence electrons. The summed E-state index contributed by atoms with van der Waals surface area (Å²) in [5.74, 6) is -0.569. The standard InChI is InChI=1S/C26H35Cl2N3O4S/c1-6-14-29-26(33)20(4)30(17-22-23(27)9-7-10-24(22)28)25(32)11-8-15-31(36(5,34)35)21-13-12-18(2)19(3)16-21/h7,9-10,12-13,16,20H,6,8,11,14-15,17H2,1-5H3,(H,29,33)/t20-/m0/s1. The number of rotatable bonds is 12. The highest BCUT2D eigenvalue weighted by atomic mass is 35.5. The zero-order chi connectivity index (χ0) is 27.0. The molecule has 0 bridgehead atoms. The van der Waals surface area contributed by atoms with E-state index in [1.54, 1.807) is 31.2 Å². The highest BCUT2D eigenvalue weighted by Crippen LogP contribution is 2.27. The first-order chi connectivity index (χ1) is 16.9. The highest BCUT2D eigenvalue weighted by Gasteiger charge is 2.27. The van der Waals surface area contributed by atoms with Crippen molar-refractivity contribution < 1.29 is 18.0 Å². The van der Waals surface area contributed by atoms with Crippen molar-refractivity contribution in [3.63, 3.8) is 0 Å².